The van der Waals surface area contributed by atoms with Gasteiger partial charge in [-0.1, -0.05) is 75.2 Å². The van der Waals surface area contributed by atoms with Gasteiger partial charge in [0.2, 0.25) is 5.91 Å². The quantitative estimate of drug-likeness (QED) is 0.0789. The molecule has 0 aromatic heterocycles. The highest BCUT2D eigenvalue weighted by atomic mass is 32.2. The summed E-state index contributed by atoms with van der Waals surface area (Å²) in [6.45, 7) is 2.97. The molecule has 0 bridgehead atoms. The Balaban J connectivity index is 1.61. The first kappa shape index (κ1) is 39.4. The summed E-state index contributed by atoms with van der Waals surface area (Å²) in [6.07, 6.45) is 4.71. The van der Waals surface area contributed by atoms with Crippen molar-refractivity contribution in [2.75, 3.05) is 49.6 Å². The molecule has 3 atom stereocenters. The largest absolute Gasteiger partial charge is 0.483 e. The summed E-state index contributed by atoms with van der Waals surface area (Å²) in [4.78, 5) is 39.0. The van der Waals surface area contributed by atoms with Crippen molar-refractivity contribution >= 4 is 52.4 Å². The number of carbonyl (C=O) groups is 2. The number of benzene rings is 3. The summed E-state index contributed by atoms with van der Waals surface area (Å²) in [5.74, 6) is -1.08. The molecule has 0 saturated carbocycles. The Hall–Kier alpha value is -3.39. The second-order valence-corrected chi connectivity index (χ2v) is 17.0. The fourth-order valence-electron chi connectivity index (χ4n) is 6.01. The fraction of sp³-hybridized carbons (Fsp3) is 0.429. The van der Waals surface area contributed by atoms with Gasteiger partial charge in [-0.3, -0.25) is 18.7 Å². The number of para-hydroxylation sites is 1. The van der Waals surface area contributed by atoms with Crippen molar-refractivity contribution in [1.29, 1.82) is 0 Å². The van der Waals surface area contributed by atoms with Gasteiger partial charge < -0.3 is 30.3 Å². The van der Waals surface area contributed by atoms with Gasteiger partial charge in [0.05, 0.1) is 27.4 Å². The Morgan fingerprint density at radius 2 is 1.76 bits per heavy atom. The first-order valence-electron chi connectivity index (χ1n) is 16.5. The van der Waals surface area contributed by atoms with E-state index in [4.69, 9.17) is 9.84 Å². The number of hydrogen-bond acceptors (Lipinski definition) is 10. The summed E-state index contributed by atoms with van der Waals surface area (Å²) in [7, 11) is -7.90. The van der Waals surface area contributed by atoms with Crippen LogP contribution in [-0.2, 0) is 28.5 Å². The second kappa shape index (κ2) is 17.7. The van der Waals surface area contributed by atoms with E-state index in [-0.39, 0.29) is 22.9 Å². The highest BCUT2D eigenvalue weighted by Gasteiger charge is 2.42. The van der Waals surface area contributed by atoms with E-state index in [1.54, 1.807) is 30.3 Å². The van der Waals surface area contributed by atoms with Gasteiger partial charge in [-0.25, -0.2) is 8.42 Å². The molecular formula is C35H46N3O9PS2. The number of sulfone groups is 1. The minimum absolute atomic E-state index is 0.0168. The van der Waals surface area contributed by atoms with Gasteiger partial charge in [-0.2, -0.15) is 0 Å². The molecule has 0 aliphatic carbocycles. The Kier molecular flexibility index (Phi) is 13.9. The van der Waals surface area contributed by atoms with Crippen LogP contribution in [0.1, 0.15) is 51.1 Å². The SMILES string of the molecule is CCCCC1(CC)CN(c2ccccc2)c2cc(SC)c(OCC(=O)N[C@@H](C(=O)NCCP(=O)(O)OCO)c3ccccc3)cc2S(=O)(=O)C1. The number of thioether (sulfide) groups is 1. The lowest BCUT2D eigenvalue weighted by atomic mass is 9.81. The maximum Gasteiger partial charge on any atom is 0.331 e. The van der Waals surface area contributed by atoms with Crippen molar-refractivity contribution in [1.82, 2.24) is 10.6 Å². The average Bonchev–Trinajstić information content (AvgIpc) is 3.20. The number of hydrogen-bond donors (Lipinski definition) is 4. The van der Waals surface area contributed by atoms with Gasteiger partial charge in [-0.15, -0.1) is 11.8 Å². The highest BCUT2D eigenvalue weighted by Crippen LogP contribution is 2.47. The molecule has 50 heavy (non-hydrogen) atoms. The van der Waals surface area contributed by atoms with Gasteiger partial charge in [0, 0.05) is 30.3 Å². The van der Waals surface area contributed by atoms with Crippen LogP contribution in [0.4, 0.5) is 11.4 Å². The molecule has 3 aromatic carbocycles. The number of amides is 2. The third kappa shape index (κ3) is 10.1. The Morgan fingerprint density at radius 3 is 2.38 bits per heavy atom. The average molecular weight is 748 g/mol. The van der Waals surface area contributed by atoms with Crippen molar-refractivity contribution in [3.63, 3.8) is 0 Å². The van der Waals surface area contributed by atoms with E-state index in [0.29, 0.717) is 29.1 Å². The topological polar surface area (TPSA) is 172 Å². The maximum atomic E-state index is 14.2. The van der Waals surface area contributed by atoms with Crippen LogP contribution >= 0.6 is 19.4 Å². The molecule has 3 aromatic rings. The molecule has 15 heteroatoms. The van der Waals surface area contributed by atoms with E-state index < -0.39 is 60.3 Å². The number of aliphatic hydroxyl groups excluding tert-OH is 1. The predicted molar refractivity (Wildman–Crippen MR) is 195 cm³/mol. The second-order valence-electron chi connectivity index (χ2n) is 12.2. The van der Waals surface area contributed by atoms with Crippen molar-refractivity contribution in [2.45, 2.75) is 55.4 Å². The monoisotopic (exact) mass is 747 g/mol. The number of carbonyl (C=O) groups excluding carboxylic acids is 2. The zero-order chi connectivity index (χ0) is 36.4. The van der Waals surface area contributed by atoms with E-state index >= 15 is 0 Å². The van der Waals surface area contributed by atoms with Gasteiger partial charge in [0.25, 0.3) is 5.91 Å². The number of fused-ring (bicyclic) bond motifs is 1. The summed E-state index contributed by atoms with van der Waals surface area (Å²) in [6, 6.07) is 20.3. The molecule has 1 aliphatic rings. The van der Waals surface area contributed by atoms with Crippen molar-refractivity contribution in [3.05, 3.63) is 78.4 Å². The fourth-order valence-corrected chi connectivity index (χ4v) is 9.44. The molecule has 1 aliphatic heterocycles. The molecule has 4 rings (SSSR count). The minimum Gasteiger partial charge on any atom is -0.483 e. The van der Waals surface area contributed by atoms with E-state index in [2.05, 4.69) is 27.0 Å². The van der Waals surface area contributed by atoms with E-state index in [9.17, 15) is 27.5 Å². The number of aliphatic hydroxyl groups is 1. The summed E-state index contributed by atoms with van der Waals surface area (Å²) in [5, 5.41) is 14.0. The Morgan fingerprint density at radius 1 is 1.08 bits per heavy atom. The maximum absolute atomic E-state index is 14.2. The molecule has 2 amide bonds. The van der Waals surface area contributed by atoms with Crippen molar-refractivity contribution < 1.29 is 41.8 Å². The highest BCUT2D eigenvalue weighted by molar-refractivity contribution is 7.98. The van der Waals surface area contributed by atoms with Crippen LogP contribution in [-0.4, -0.2) is 74.9 Å². The molecule has 12 nitrogen and oxygen atoms in total. The molecule has 4 N–H and O–H groups in total. The standard InChI is InChI=1S/C35H46N3O9PS2/c1-4-6-17-35(5-2)23-38(27-15-11-8-12-16-27)28-20-30(49-3)29(21-31(28)50(44,45)24-35)46-22-32(40)37-33(26-13-9-7-10-14-26)34(41)36-18-19-48(42,43)47-25-39/h7-16,20-21,33,39H,4-6,17-19,22-25H2,1-3H3,(H,36,41)(H,37,40)(H,42,43)/t33-,35?/m1/s1. The molecule has 0 fully saturated rings. The smallest absolute Gasteiger partial charge is 0.331 e. The zero-order valence-corrected chi connectivity index (χ0v) is 31.1. The number of nitrogens with one attached hydrogen (secondary N) is 2. The third-order valence-corrected chi connectivity index (χ3v) is 12.8. The zero-order valence-electron chi connectivity index (χ0n) is 28.5. The van der Waals surface area contributed by atoms with Crippen LogP contribution in [0.15, 0.2) is 82.6 Å². The third-order valence-electron chi connectivity index (χ3n) is 8.75. The number of ether oxygens (including phenoxy) is 1. The lowest BCUT2D eigenvalue weighted by Crippen LogP contribution is -2.42. The molecular weight excluding hydrogens is 702 g/mol. The van der Waals surface area contributed by atoms with Crippen LogP contribution in [0.3, 0.4) is 0 Å². The molecule has 0 saturated heterocycles. The number of rotatable bonds is 17. The Labute approximate surface area is 298 Å². The summed E-state index contributed by atoms with van der Waals surface area (Å²) >= 11 is 1.36. The predicted octanol–water partition coefficient (Wildman–Crippen LogP) is 5.42. The number of unbranched alkanes of at least 4 members (excludes halogenated alkanes) is 1. The first-order valence-corrected chi connectivity index (χ1v) is 21.1. The van der Waals surface area contributed by atoms with Crippen LogP contribution in [0.5, 0.6) is 5.75 Å². The van der Waals surface area contributed by atoms with Gasteiger partial charge in [0.1, 0.15) is 11.8 Å². The van der Waals surface area contributed by atoms with Crippen LogP contribution in [0.2, 0.25) is 0 Å². The Bertz CT molecular complexity index is 1760. The van der Waals surface area contributed by atoms with Crippen molar-refractivity contribution in [3.8, 4) is 5.75 Å². The molecule has 2 unspecified atom stereocenters. The minimum atomic E-state index is -4.11. The van der Waals surface area contributed by atoms with Gasteiger partial charge in [0.15, 0.2) is 23.2 Å². The van der Waals surface area contributed by atoms with E-state index in [0.717, 1.165) is 24.9 Å². The molecule has 1 heterocycles. The van der Waals surface area contributed by atoms with Crippen molar-refractivity contribution in [2.24, 2.45) is 5.41 Å². The normalized spacial score (nSPS) is 18.6. The van der Waals surface area contributed by atoms with Gasteiger partial charge in [-0.05, 0) is 42.9 Å². The van der Waals surface area contributed by atoms with Crippen LogP contribution in [0.25, 0.3) is 0 Å². The lowest BCUT2D eigenvalue weighted by Gasteiger charge is -2.36. The first-order chi connectivity index (χ1) is 23.9. The lowest BCUT2D eigenvalue weighted by molar-refractivity contribution is -0.130. The van der Waals surface area contributed by atoms with E-state index in [1.807, 2.05) is 49.6 Å². The molecule has 0 spiro atoms. The van der Waals surface area contributed by atoms with Crippen LogP contribution in [0, 0.1) is 5.41 Å². The number of nitrogens with zero attached hydrogens (tertiary/aromatic N) is 1. The summed E-state index contributed by atoms with van der Waals surface area (Å²) < 4.78 is 50.7. The van der Waals surface area contributed by atoms with Gasteiger partial charge >= 0.3 is 7.60 Å². The van der Waals surface area contributed by atoms with E-state index in [1.165, 1.54) is 17.8 Å². The molecule has 0 radical (unpaired) electrons. The van der Waals surface area contributed by atoms with Crippen LogP contribution < -0.4 is 20.3 Å². The summed E-state index contributed by atoms with van der Waals surface area (Å²) in [5.41, 5.74) is 1.42. The molecule has 272 valence electrons. The number of anilines is 2.